The number of nitrogens with one attached hydrogen (secondary N) is 1. The number of ether oxygens (including phenoxy) is 1. The summed E-state index contributed by atoms with van der Waals surface area (Å²) in [4.78, 5) is 14.2. The number of nitrogens with zero attached hydrogens (tertiary/aromatic N) is 1. The van der Waals surface area contributed by atoms with Crippen LogP contribution in [0.5, 0.6) is 0 Å². The zero-order valence-electron chi connectivity index (χ0n) is 12.6. The molecule has 1 saturated heterocycles. The molecule has 110 valence electrons. The minimum absolute atomic E-state index is 0.140. The van der Waals surface area contributed by atoms with E-state index < -0.39 is 5.60 Å². The van der Waals surface area contributed by atoms with Gasteiger partial charge in [0, 0.05) is 19.1 Å². The summed E-state index contributed by atoms with van der Waals surface area (Å²) in [5.41, 5.74) is -0.399. The zero-order valence-corrected chi connectivity index (χ0v) is 12.6. The molecule has 2 fully saturated rings. The normalized spacial score (nSPS) is 29.1. The summed E-state index contributed by atoms with van der Waals surface area (Å²) >= 11 is 0. The van der Waals surface area contributed by atoms with Gasteiger partial charge in [0.05, 0.1) is 0 Å². The molecular weight excluding hydrogens is 240 g/mol. The number of carbonyl (C=O) groups excluding carboxylic acids is 1. The number of rotatable bonds is 0. The standard InChI is InChI=1S/C15H28N2O2/c1-15(2,3)19-14(18)17-10-6-9-16-13-8-5-4-7-12(13)11-17/h12-13,16H,4-11H2,1-3H3. The van der Waals surface area contributed by atoms with Crippen LogP contribution in [-0.2, 0) is 4.74 Å². The molecule has 19 heavy (non-hydrogen) atoms. The number of hydrogen-bond acceptors (Lipinski definition) is 3. The van der Waals surface area contributed by atoms with Crippen molar-refractivity contribution in [2.75, 3.05) is 19.6 Å². The molecule has 2 aliphatic rings. The van der Waals surface area contributed by atoms with Gasteiger partial charge in [-0.2, -0.15) is 0 Å². The van der Waals surface area contributed by atoms with Crippen LogP contribution in [0.2, 0.25) is 0 Å². The van der Waals surface area contributed by atoms with E-state index in [4.69, 9.17) is 4.74 Å². The molecule has 1 aliphatic carbocycles. The van der Waals surface area contributed by atoms with Crippen molar-refractivity contribution >= 4 is 6.09 Å². The highest BCUT2D eigenvalue weighted by Crippen LogP contribution is 2.27. The first-order valence-electron chi connectivity index (χ1n) is 7.67. The van der Waals surface area contributed by atoms with Crippen molar-refractivity contribution in [1.82, 2.24) is 10.2 Å². The molecular formula is C15H28N2O2. The molecule has 0 spiro atoms. The largest absolute Gasteiger partial charge is 0.444 e. The van der Waals surface area contributed by atoms with Gasteiger partial charge in [-0.1, -0.05) is 12.8 Å². The van der Waals surface area contributed by atoms with Crippen LogP contribution in [0, 0.1) is 5.92 Å². The molecule has 1 heterocycles. The minimum Gasteiger partial charge on any atom is -0.444 e. The number of amides is 1. The van der Waals surface area contributed by atoms with Gasteiger partial charge in [0.1, 0.15) is 5.60 Å². The second kappa shape index (κ2) is 6.12. The Morgan fingerprint density at radius 2 is 1.95 bits per heavy atom. The molecule has 1 saturated carbocycles. The van der Waals surface area contributed by atoms with Crippen LogP contribution in [0.4, 0.5) is 4.79 Å². The second-order valence-corrected chi connectivity index (χ2v) is 6.89. The van der Waals surface area contributed by atoms with E-state index in [-0.39, 0.29) is 6.09 Å². The lowest BCUT2D eigenvalue weighted by Crippen LogP contribution is -2.50. The maximum Gasteiger partial charge on any atom is 0.410 e. The molecule has 0 aromatic heterocycles. The number of hydrogen-bond donors (Lipinski definition) is 1. The Morgan fingerprint density at radius 3 is 2.68 bits per heavy atom. The molecule has 0 bridgehead atoms. The fraction of sp³-hybridized carbons (Fsp3) is 0.933. The van der Waals surface area contributed by atoms with E-state index in [0.29, 0.717) is 12.0 Å². The van der Waals surface area contributed by atoms with Crippen molar-refractivity contribution in [3.05, 3.63) is 0 Å². The van der Waals surface area contributed by atoms with Gasteiger partial charge in [-0.05, 0) is 52.5 Å². The van der Waals surface area contributed by atoms with Crippen molar-refractivity contribution in [1.29, 1.82) is 0 Å². The zero-order chi connectivity index (χ0) is 13.9. The summed E-state index contributed by atoms with van der Waals surface area (Å²) in [5.74, 6) is 0.599. The minimum atomic E-state index is -0.399. The summed E-state index contributed by atoms with van der Waals surface area (Å²) in [6.45, 7) is 8.47. The van der Waals surface area contributed by atoms with Crippen LogP contribution < -0.4 is 5.32 Å². The molecule has 0 aromatic rings. The van der Waals surface area contributed by atoms with E-state index in [0.717, 1.165) is 26.1 Å². The van der Waals surface area contributed by atoms with Crippen LogP contribution >= 0.6 is 0 Å². The topological polar surface area (TPSA) is 41.6 Å². The third-order valence-electron chi connectivity index (χ3n) is 4.03. The van der Waals surface area contributed by atoms with Gasteiger partial charge in [-0.15, -0.1) is 0 Å². The third kappa shape index (κ3) is 4.37. The molecule has 2 unspecified atom stereocenters. The molecule has 0 radical (unpaired) electrons. The molecule has 4 nitrogen and oxygen atoms in total. The van der Waals surface area contributed by atoms with E-state index in [1.807, 2.05) is 25.7 Å². The number of carbonyl (C=O) groups is 1. The smallest absolute Gasteiger partial charge is 0.410 e. The highest BCUT2D eigenvalue weighted by Gasteiger charge is 2.31. The molecule has 2 atom stereocenters. The average Bonchev–Trinajstić information content (AvgIpc) is 2.27. The van der Waals surface area contributed by atoms with Crippen LogP contribution in [0.3, 0.4) is 0 Å². The SMILES string of the molecule is CC(C)(C)OC(=O)N1CCCNC2CCCCC2C1. The Hall–Kier alpha value is -0.770. The monoisotopic (exact) mass is 268 g/mol. The summed E-state index contributed by atoms with van der Waals surface area (Å²) in [5, 5.41) is 3.65. The van der Waals surface area contributed by atoms with Crippen LogP contribution in [-0.4, -0.2) is 42.3 Å². The van der Waals surface area contributed by atoms with Gasteiger partial charge in [-0.3, -0.25) is 0 Å². The Labute approximate surface area is 116 Å². The van der Waals surface area contributed by atoms with E-state index >= 15 is 0 Å². The van der Waals surface area contributed by atoms with Gasteiger partial charge in [0.25, 0.3) is 0 Å². The van der Waals surface area contributed by atoms with E-state index in [1.54, 1.807) is 0 Å². The first-order valence-corrected chi connectivity index (χ1v) is 7.67. The maximum atomic E-state index is 12.2. The second-order valence-electron chi connectivity index (χ2n) is 6.89. The van der Waals surface area contributed by atoms with E-state index in [2.05, 4.69) is 5.32 Å². The first kappa shape index (κ1) is 14.6. The Bertz CT molecular complexity index is 312. The average molecular weight is 268 g/mol. The summed E-state index contributed by atoms with van der Waals surface area (Å²) in [7, 11) is 0. The van der Waals surface area contributed by atoms with Gasteiger partial charge in [0.15, 0.2) is 0 Å². The van der Waals surface area contributed by atoms with Crippen molar-refractivity contribution in [3.8, 4) is 0 Å². The molecule has 1 aliphatic heterocycles. The van der Waals surface area contributed by atoms with E-state index in [9.17, 15) is 4.79 Å². The summed E-state index contributed by atoms with van der Waals surface area (Å²) in [6, 6.07) is 0.596. The lowest BCUT2D eigenvalue weighted by Gasteiger charge is -2.38. The fourth-order valence-electron chi connectivity index (χ4n) is 3.12. The quantitative estimate of drug-likeness (QED) is 0.734. The fourth-order valence-corrected chi connectivity index (χ4v) is 3.12. The van der Waals surface area contributed by atoms with Crippen LogP contribution in [0.25, 0.3) is 0 Å². The lowest BCUT2D eigenvalue weighted by molar-refractivity contribution is 0.0172. The first-order chi connectivity index (χ1) is 8.96. The van der Waals surface area contributed by atoms with Gasteiger partial charge >= 0.3 is 6.09 Å². The number of fused-ring (bicyclic) bond motifs is 1. The van der Waals surface area contributed by atoms with Gasteiger partial charge < -0.3 is 15.0 Å². The van der Waals surface area contributed by atoms with E-state index in [1.165, 1.54) is 25.7 Å². The Morgan fingerprint density at radius 1 is 1.21 bits per heavy atom. The Kier molecular flexibility index (Phi) is 4.71. The van der Waals surface area contributed by atoms with Crippen molar-refractivity contribution in [2.24, 2.45) is 5.92 Å². The highest BCUT2D eigenvalue weighted by atomic mass is 16.6. The molecule has 2 rings (SSSR count). The lowest BCUT2D eigenvalue weighted by atomic mass is 9.83. The maximum absolute atomic E-state index is 12.2. The molecule has 1 amide bonds. The predicted molar refractivity (Wildman–Crippen MR) is 76.2 cm³/mol. The Balaban J connectivity index is 1.97. The van der Waals surface area contributed by atoms with Crippen molar-refractivity contribution < 1.29 is 9.53 Å². The van der Waals surface area contributed by atoms with Crippen LogP contribution in [0.15, 0.2) is 0 Å². The highest BCUT2D eigenvalue weighted by molar-refractivity contribution is 5.68. The molecule has 4 heteroatoms. The van der Waals surface area contributed by atoms with Gasteiger partial charge in [0.2, 0.25) is 0 Å². The molecule has 1 N–H and O–H groups in total. The predicted octanol–water partition coefficient (Wildman–Crippen LogP) is 2.78. The van der Waals surface area contributed by atoms with Crippen molar-refractivity contribution in [3.63, 3.8) is 0 Å². The summed E-state index contributed by atoms with van der Waals surface area (Å²) < 4.78 is 5.52. The molecule has 0 aromatic carbocycles. The third-order valence-corrected chi connectivity index (χ3v) is 4.03. The van der Waals surface area contributed by atoms with Crippen molar-refractivity contribution in [2.45, 2.75) is 64.5 Å². The van der Waals surface area contributed by atoms with Gasteiger partial charge in [-0.25, -0.2) is 4.79 Å². The summed E-state index contributed by atoms with van der Waals surface area (Å²) in [6.07, 6.45) is 5.98. The van der Waals surface area contributed by atoms with Crippen LogP contribution in [0.1, 0.15) is 52.9 Å².